The van der Waals surface area contributed by atoms with Crippen molar-refractivity contribution in [3.8, 4) is 0 Å². The number of nitrogens with one attached hydrogen (secondary N) is 2. The Kier molecular flexibility index (Phi) is 5.18. The van der Waals surface area contributed by atoms with Crippen molar-refractivity contribution < 1.29 is 0 Å². The standard InChI is InChI=1S/C19H30N2/c1-15(16-8-4-2-3-5-9-16)21-14-18-11-6-10-17-12-7-13-20-19(17)18/h6,10-11,15-16,20-21H,2-5,7-9,12-14H2,1H3/t15-/m1/s1. The van der Waals surface area contributed by atoms with E-state index in [1.165, 1.54) is 68.2 Å². The Morgan fingerprint density at radius 1 is 1.14 bits per heavy atom. The summed E-state index contributed by atoms with van der Waals surface area (Å²) in [5.74, 6) is 0.875. The van der Waals surface area contributed by atoms with Crippen LogP contribution in [0.1, 0.15) is 63.0 Å². The normalized spacial score (nSPS) is 21.2. The van der Waals surface area contributed by atoms with E-state index in [1.54, 1.807) is 0 Å². The van der Waals surface area contributed by atoms with Gasteiger partial charge in [0, 0.05) is 24.8 Å². The molecule has 0 saturated heterocycles. The van der Waals surface area contributed by atoms with Gasteiger partial charge >= 0.3 is 0 Å². The van der Waals surface area contributed by atoms with Crippen molar-refractivity contribution in [3.05, 3.63) is 29.3 Å². The van der Waals surface area contributed by atoms with Crippen LogP contribution in [-0.4, -0.2) is 12.6 Å². The van der Waals surface area contributed by atoms with E-state index in [9.17, 15) is 0 Å². The number of para-hydroxylation sites is 1. The fourth-order valence-electron chi connectivity index (χ4n) is 3.98. The van der Waals surface area contributed by atoms with Crippen molar-refractivity contribution >= 4 is 5.69 Å². The Balaban J connectivity index is 1.59. The highest BCUT2D eigenvalue weighted by Crippen LogP contribution is 2.28. The van der Waals surface area contributed by atoms with Gasteiger partial charge in [-0.25, -0.2) is 0 Å². The molecule has 0 amide bonds. The molecule has 21 heavy (non-hydrogen) atoms. The molecule has 0 bridgehead atoms. The second-order valence-corrected chi connectivity index (χ2v) is 6.90. The lowest BCUT2D eigenvalue weighted by Gasteiger charge is -2.26. The summed E-state index contributed by atoms with van der Waals surface area (Å²) in [5.41, 5.74) is 4.36. The third-order valence-electron chi connectivity index (χ3n) is 5.38. The Morgan fingerprint density at radius 2 is 1.95 bits per heavy atom. The summed E-state index contributed by atoms with van der Waals surface area (Å²) in [4.78, 5) is 0. The molecule has 1 saturated carbocycles. The summed E-state index contributed by atoms with van der Waals surface area (Å²) < 4.78 is 0. The van der Waals surface area contributed by atoms with Gasteiger partial charge in [-0.3, -0.25) is 0 Å². The first kappa shape index (κ1) is 14.9. The first-order valence-electron chi connectivity index (χ1n) is 8.92. The molecule has 1 aliphatic carbocycles. The van der Waals surface area contributed by atoms with Gasteiger partial charge in [-0.2, -0.15) is 0 Å². The maximum Gasteiger partial charge on any atom is 0.0418 e. The lowest BCUT2D eigenvalue weighted by atomic mass is 9.92. The lowest BCUT2D eigenvalue weighted by Crippen LogP contribution is -2.33. The minimum absolute atomic E-state index is 0.641. The summed E-state index contributed by atoms with van der Waals surface area (Å²) in [5, 5.41) is 7.41. The fraction of sp³-hybridized carbons (Fsp3) is 0.684. The van der Waals surface area contributed by atoms with Crippen LogP contribution >= 0.6 is 0 Å². The molecule has 0 spiro atoms. The maximum absolute atomic E-state index is 3.81. The van der Waals surface area contributed by atoms with Gasteiger partial charge in [0.25, 0.3) is 0 Å². The van der Waals surface area contributed by atoms with E-state index < -0.39 is 0 Å². The summed E-state index contributed by atoms with van der Waals surface area (Å²) >= 11 is 0. The van der Waals surface area contributed by atoms with Gasteiger partial charge in [-0.1, -0.05) is 43.9 Å². The topological polar surface area (TPSA) is 24.1 Å². The number of rotatable bonds is 4. The zero-order chi connectivity index (χ0) is 14.5. The Hall–Kier alpha value is -1.02. The molecule has 0 radical (unpaired) electrons. The molecular weight excluding hydrogens is 256 g/mol. The summed E-state index contributed by atoms with van der Waals surface area (Å²) in [7, 11) is 0. The van der Waals surface area contributed by atoms with Crippen LogP contribution in [0.25, 0.3) is 0 Å². The summed E-state index contributed by atoms with van der Waals surface area (Å²) in [6.45, 7) is 4.52. The number of hydrogen-bond acceptors (Lipinski definition) is 2. The Bertz CT molecular complexity index is 447. The van der Waals surface area contributed by atoms with Crippen molar-refractivity contribution in [1.82, 2.24) is 5.32 Å². The molecule has 1 heterocycles. The minimum atomic E-state index is 0.641. The van der Waals surface area contributed by atoms with Crippen LogP contribution in [0.3, 0.4) is 0 Å². The molecule has 2 N–H and O–H groups in total. The SMILES string of the molecule is C[C@@H](NCc1cccc2c1NCCC2)C1CCCCCC1. The van der Waals surface area contributed by atoms with Crippen molar-refractivity contribution in [2.45, 2.75) is 70.9 Å². The van der Waals surface area contributed by atoms with Gasteiger partial charge in [-0.05, 0) is 49.7 Å². The van der Waals surface area contributed by atoms with E-state index in [0.717, 1.165) is 19.0 Å². The number of benzene rings is 1. The van der Waals surface area contributed by atoms with E-state index in [2.05, 4.69) is 35.8 Å². The fourth-order valence-corrected chi connectivity index (χ4v) is 3.98. The molecular formula is C19H30N2. The van der Waals surface area contributed by atoms with Gasteiger partial charge in [0.15, 0.2) is 0 Å². The van der Waals surface area contributed by atoms with Gasteiger partial charge in [0.2, 0.25) is 0 Å². The third-order valence-corrected chi connectivity index (χ3v) is 5.38. The summed E-state index contributed by atoms with van der Waals surface area (Å²) in [6, 6.07) is 7.42. The molecule has 2 nitrogen and oxygen atoms in total. The zero-order valence-electron chi connectivity index (χ0n) is 13.5. The number of aryl methyl sites for hydroxylation is 1. The minimum Gasteiger partial charge on any atom is -0.385 e. The zero-order valence-corrected chi connectivity index (χ0v) is 13.5. The predicted octanol–water partition coefficient (Wildman–Crippen LogP) is 4.49. The van der Waals surface area contributed by atoms with Crippen molar-refractivity contribution in [2.24, 2.45) is 5.92 Å². The first-order chi connectivity index (χ1) is 10.3. The smallest absolute Gasteiger partial charge is 0.0418 e. The van der Waals surface area contributed by atoms with Gasteiger partial charge < -0.3 is 10.6 Å². The van der Waals surface area contributed by atoms with Crippen LogP contribution < -0.4 is 10.6 Å². The highest BCUT2D eigenvalue weighted by molar-refractivity contribution is 5.59. The second-order valence-electron chi connectivity index (χ2n) is 6.90. The van der Waals surface area contributed by atoms with Crippen LogP contribution in [0.2, 0.25) is 0 Å². The van der Waals surface area contributed by atoms with E-state index in [1.807, 2.05) is 0 Å². The van der Waals surface area contributed by atoms with Crippen molar-refractivity contribution in [2.75, 3.05) is 11.9 Å². The highest BCUT2D eigenvalue weighted by atomic mass is 14.9. The van der Waals surface area contributed by atoms with Crippen LogP contribution in [0, 0.1) is 5.92 Å². The predicted molar refractivity (Wildman–Crippen MR) is 90.7 cm³/mol. The monoisotopic (exact) mass is 286 g/mol. The van der Waals surface area contributed by atoms with Crippen LogP contribution in [0.5, 0.6) is 0 Å². The van der Waals surface area contributed by atoms with Gasteiger partial charge in [0.05, 0.1) is 0 Å². The van der Waals surface area contributed by atoms with Crippen LogP contribution in [0.4, 0.5) is 5.69 Å². The van der Waals surface area contributed by atoms with Crippen LogP contribution in [-0.2, 0) is 13.0 Å². The van der Waals surface area contributed by atoms with E-state index in [0.29, 0.717) is 6.04 Å². The molecule has 1 aromatic rings. The molecule has 2 aliphatic rings. The molecule has 0 unspecified atom stereocenters. The number of anilines is 1. The van der Waals surface area contributed by atoms with Gasteiger partial charge in [0.1, 0.15) is 0 Å². The average molecular weight is 286 g/mol. The molecule has 0 aromatic heterocycles. The van der Waals surface area contributed by atoms with E-state index in [-0.39, 0.29) is 0 Å². The molecule has 1 atom stereocenters. The Morgan fingerprint density at radius 3 is 2.76 bits per heavy atom. The third kappa shape index (κ3) is 3.79. The van der Waals surface area contributed by atoms with Gasteiger partial charge in [-0.15, -0.1) is 0 Å². The summed E-state index contributed by atoms with van der Waals surface area (Å²) in [6.07, 6.45) is 11.1. The lowest BCUT2D eigenvalue weighted by molar-refractivity contribution is 0.337. The molecule has 1 aromatic carbocycles. The number of hydrogen-bond donors (Lipinski definition) is 2. The highest BCUT2D eigenvalue weighted by Gasteiger charge is 2.19. The first-order valence-corrected chi connectivity index (χ1v) is 8.92. The molecule has 3 rings (SSSR count). The molecule has 2 heteroatoms. The second kappa shape index (κ2) is 7.31. The quantitative estimate of drug-likeness (QED) is 0.797. The maximum atomic E-state index is 3.81. The van der Waals surface area contributed by atoms with E-state index >= 15 is 0 Å². The van der Waals surface area contributed by atoms with E-state index in [4.69, 9.17) is 0 Å². The molecule has 1 aliphatic heterocycles. The molecule has 1 fully saturated rings. The number of fused-ring (bicyclic) bond motifs is 1. The Labute approximate surface area is 129 Å². The van der Waals surface area contributed by atoms with Crippen molar-refractivity contribution in [1.29, 1.82) is 0 Å². The largest absolute Gasteiger partial charge is 0.385 e. The molecule has 116 valence electrons. The van der Waals surface area contributed by atoms with Crippen LogP contribution in [0.15, 0.2) is 18.2 Å². The van der Waals surface area contributed by atoms with Crippen molar-refractivity contribution in [3.63, 3.8) is 0 Å². The average Bonchev–Trinajstić information content (AvgIpc) is 2.82.